The molecule has 0 fully saturated rings. The summed E-state index contributed by atoms with van der Waals surface area (Å²) in [6, 6.07) is 8.93. The molecular formula is C14H23NOS. The van der Waals surface area contributed by atoms with Crippen LogP contribution in [0.5, 0.6) is 0 Å². The molecule has 3 heteroatoms. The highest BCUT2D eigenvalue weighted by Gasteiger charge is 2.06. The Labute approximate surface area is 109 Å². The first kappa shape index (κ1) is 14.6. The van der Waals surface area contributed by atoms with E-state index in [1.54, 1.807) is 11.8 Å². The molecule has 0 aromatic heterocycles. The summed E-state index contributed by atoms with van der Waals surface area (Å²) in [5, 5.41) is 13.0. The molecule has 0 bridgehead atoms. The molecule has 0 saturated carbocycles. The van der Waals surface area contributed by atoms with Gasteiger partial charge >= 0.3 is 0 Å². The molecule has 0 aliphatic rings. The molecule has 0 heterocycles. The van der Waals surface area contributed by atoms with Crippen LogP contribution in [0, 0.1) is 0 Å². The molecule has 2 unspecified atom stereocenters. The monoisotopic (exact) mass is 253 g/mol. The predicted molar refractivity (Wildman–Crippen MR) is 75.6 cm³/mol. The second-order valence-corrected chi connectivity index (χ2v) is 5.32. The summed E-state index contributed by atoms with van der Waals surface area (Å²) >= 11 is 1.72. The Bertz CT molecular complexity index is 330. The summed E-state index contributed by atoms with van der Waals surface area (Å²) in [5.41, 5.74) is 1.31. The smallest absolute Gasteiger partial charge is 0.0631 e. The van der Waals surface area contributed by atoms with E-state index in [9.17, 15) is 5.11 Å². The van der Waals surface area contributed by atoms with E-state index in [4.69, 9.17) is 0 Å². The molecule has 2 atom stereocenters. The summed E-state index contributed by atoms with van der Waals surface area (Å²) in [7, 11) is 0. The maximum atomic E-state index is 9.55. The minimum Gasteiger partial charge on any atom is -0.392 e. The second kappa shape index (κ2) is 7.75. The normalized spacial score (nSPS) is 14.6. The highest BCUT2D eigenvalue weighted by molar-refractivity contribution is 7.99. The lowest BCUT2D eigenvalue weighted by molar-refractivity contribution is 0.195. The molecule has 1 aromatic carbocycles. The zero-order chi connectivity index (χ0) is 12.7. The van der Waals surface area contributed by atoms with Crippen LogP contribution in [-0.2, 0) is 0 Å². The van der Waals surface area contributed by atoms with Gasteiger partial charge in [-0.1, -0.05) is 26.0 Å². The maximum absolute atomic E-state index is 9.55. The van der Waals surface area contributed by atoms with Gasteiger partial charge in [0.25, 0.3) is 0 Å². The standard InChI is InChI=1S/C14H23NOS/c1-4-13(16)10-17-14-8-6-7-12(9-14)11(3)15-5-2/h6-9,11,13,15-16H,4-5,10H2,1-3H3. The van der Waals surface area contributed by atoms with Gasteiger partial charge in [0, 0.05) is 16.7 Å². The molecule has 1 aromatic rings. The van der Waals surface area contributed by atoms with Crippen molar-refractivity contribution in [3.05, 3.63) is 29.8 Å². The van der Waals surface area contributed by atoms with Gasteiger partial charge in [0.15, 0.2) is 0 Å². The van der Waals surface area contributed by atoms with E-state index in [0.29, 0.717) is 6.04 Å². The molecule has 96 valence electrons. The lowest BCUT2D eigenvalue weighted by Crippen LogP contribution is -2.17. The number of thioether (sulfide) groups is 1. The van der Waals surface area contributed by atoms with E-state index >= 15 is 0 Å². The quantitative estimate of drug-likeness (QED) is 0.732. The van der Waals surface area contributed by atoms with E-state index < -0.39 is 0 Å². The number of nitrogens with one attached hydrogen (secondary N) is 1. The summed E-state index contributed by atoms with van der Waals surface area (Å²) in [5.74, 6) is 0.773. The van der Waals surface area contributed by atoms with Gasteiger partial charge in [-0.3, -0.25) is 0 Å². The summed E-state index contributed by atoms with van der Waals surface area (Å²) in [4.78, 5) is 1.24. The molecule has 2 nitrogen and oxygen atoms in total. The van der Waals surface area contributed by atoms with Crippen molar-refractivity contribution in [2.75, 3.05) is 12.3 Å². The van der Waals surface area contributed by atoms with Gasteiger partial charge in [0.2, 0.25) is 0 Å². The lowest BCUT2D eigenvalue weighted by atomic mass is 10.1. The number of aliphatic hydroxyl groups is 1. The van der Waals surface area contributed by atoms with Gasteiger partial charge < -0.3 is 10.4 Å². The maximum Gasteiger partial charge on any atom is 0.0631 e. The van der Waals surface area contributed by atoms with Crippen molar-refractivity contribution in [1.82, 2.24) is 5.32 Å². The van der Waals surface area contributed by atoms with Crippen LogP contribution in [0.15, 0.2) is 29.2 Å². The van der Waals surface area contributed by atoms with E-state index in [2.05, 4.69) is 43.4 Å². The van der Waals surface area contributed by atoms with E-state index in [0.717, 1.165) is 18.7 Å². The van der Waals surface area contributed by atoms with Crippen LogP contribution in [-0.4, -0.2) is 23.5 Å². The Kier molecular flexibility index (Phi) is 6.63. The molecular weight excluding hydrogens is 230 g/mol. The minimum atomic E-state index is -0.199. The predicted octanol–water partition coefficient (Wildman–Crippen LogP) is 3.22. The average molecular weight is 253 g/mol. The third kappa shape index (κ3) is 5.11. The molecule has 0 aliphatic carbocycles. The van der Waals surface area contributed by atoms with Crippen molar-refractivity contribution in [1.29, 1.82) is 0 Å². The topological polar surface area (TPSA) is 32.3 Å². The van der Waals surface area contributed by atoms with Crippen molar-refractivity contribution in [2.24, 2.45) is 0 Å². The van der Waals surface area contributed by atoms with Gasteiger partial charge in [0.1, 0.15) is 0 Å². The first-order valence-electron chi connectivity index (χ1n) is 6.31. The summed E-state index contributed by atoms with van der Waals surface area (Å²) in [6.45, 7) is 7.28. The fraction of sp³-hybridized carbons (Fsp3) is 0.571. The van der Waals surface area contributed by atoms with Gasteiger partial charge in [-0.15, -0.1) is 11.8 Å². The largest absolute Gasteiger partial charge is 0.392 e. The Hall–Kier alpha value is -0.510. The van der Waals surface area contributed by atoms with E-state index in [1.165, 1.54) is 10.5 Å². The highest BCUT2D eigenvalue weighted by Crippen LogP contribution is 2.23. The Morgan fingerprint density at radius 2 is 2.12 bits per heavy atom. The SMILES string of the molecule is CCNC(C)c1cccc(SCC(O)CC)c1. The highest BCUT2D eigenvalue weighted by atomic mass is 32.2. The van der Waals surface area contributed by atoms with Crippen LogP contribution in [0.1, 0.15) is 38.8 Å². The first-order valence-corrected chi connectivity index (χ1v) is 7.30. The molecule has 0 spiro atoms. The van der Waals surface area contributed by atoms with Crippen molar-refractivity contribution < 1.29 is 5.11 Å². The number of rotatable bonds is 7. The first-order chi connectivity index (χ1) is 8.17. The second-order valence-electron chi connectivity index (χ2n) is 4.22. The van der Waals surface area contributed by atoms with Crippen LogP contribution < -0.4 is 5.32 Å². The number of hydrogen-bond acceptors (Lipinski definition) is 3. The molecule has 0 radical (unpaired) electrons. The van der Waals surface area contributed by atoms with Crippen LogP contribution in [0.4, 0.5) is 0 Å². The molecule has 0 saturated heterocycles. The molecule has 0 aliphatic heterocycles. The fourth-order valence-corrected chi connectivity index (χ4v) is 2.62. The third-order valence-electron chi connectivity index (χ3n) is 2.78. The Balaban J connectivity index is 2.59. The number of hydrogen-bond donors (Lipinski definition) is 2. The van der Waals surface area contributed by atoms with E-state index in [-0.39, 0.29) is 6.10 Å². The van der Waals surface area contributed by atoms with Gasteiger partial charge in [-0.2, -0.15) is 0 Å². The van der Waals surface area contributed by atoms with Gasteiger partial charge in [-0.05, 0) is 37.6 Å². The zero-order valence-corrected chi connectivity index (χ0v) is 11.8. The summed E-state index contributed by atoms with van der Waals surface area (Å²) in [6.07, 6.45) is 0.621. The molecule has 1 rings (SSSR count). The van der Waals surface area contributed by atoms with Crippen LogP contribution >= 0.6 is 11.8 Å². The third-order valence-corrected chi connectivity index (χ3v) is 3.92. The van der Waals surface area contributed by atoms with Crippen LogP contribution in [0.2, 0.25) is 0 Å². The van der Waals surface area contributed by atoms with Crippen LogP contribution in [0.3, 0.4) is 0 Å². The van der Waals surface area contributed by atoms with Gasteiger partial charge in [0.05, 0.1) is 6.10 Å². The van der Waals surface area contributed by atoms with Crippen molar-refractivity contribution in [3.63, 3.8) is 0 Å². The fourth-order valence-electron chi connectivity index (χ4n) is 1.61. The lowest BCUT2D eigenvalue weighted by Gasteiger charge is -2.14. The summed E-state index contributed by atoms with van der Waals surface area (Å²) < 4.78 is 0. The average Bonchev–Trinajstić information content (AvgIpc) is 2.36. The number of benzene rings is 1. The zero-order valence-electron chi connectivity index (χ0n) is 10.9. The molecule has 0 amide bonds. The van der Waals surface area contributed by atoms with Gasteiger partial charge in [-0.25, -0.2) is 0 Å². The Morgan fingerprint density at radius 1 is 1.35 bits per heavy atom. The number of aliphatic hydroxyl groups excluding tert-OH is 1. The van der Waals surface area contributed by atoms with Crippen molar-refractivity contribution >= 4 is 11.8 Å². The van der Waals surface area contributed by atoms with Crippen molar-refractivity contribution in [3.8, 4) is 0 Å². The molecule has 2 N–H and O–H groups in total. The minimum absolute atomic E-state index is 0.199. The van der Waals surface area contributed by atoms with E-state index in [1.807, 2.05) is 6.92 Å². The van der Waals surface area contributed by atoms with Crippen LogP contribution in [0.25, 0.3) is 0 Å². The molecule has 17 heavy (non-hydrogen) atoms. The van der Waals surface area contributed by atoms with Crippen molar-refractivity contribution in [2.45, 2.75) is 44.2 Å². The Morgan fingerprint density at radius 3 is 2.76 bits per heavy atom.